The van der Waals surface area contributed by atoms with Crippen LogP contribution in [-0.2, 0) is 19.1 Å². The Morgan fingerprint density at radius 1 is 1.20 bits per heavy atom. The van der Waals surface area contributed by atoms with E-state index in [-0.39, 0.29) is 23.2 Å². The molecule has 6 atom stereocenters. The van der Waals surface area contributed by atoms with Gasteiger partial charge in [-0.15, -0.1) is 0 Å². The maximum Gasteiger partial charge on any atom is 0.214 e. The van der Waals surface area contributed by atoms with Crippen LogP contribution < -0.4 is 5.48 Å². The minimum atomic E-state index is -0.934. The summed E-state index contributed by atoms with van der Waals surface area (Å²) < 4.78 is 13.3. The maximum absolute atomic E-state index is 13.4. The standard InChI is InChI=1S/C20H27NO4/c1-11-6-14-7-12(2)19-9-15(21-25-19)17(4,5)10-20(24-19)13(3)16(22)18(14,8-11)23-20/h6-7,11,13,15,21H,8-10H2,1-5H3/b12-7-/t11-,13?,15?,18+,19?,20-/m0/s1. The zero-order valence-corrected chi connectivity index (χ0v) is 15.6. The average molecular weight is 345 g/mol. The van der Waals surface area contributed by atoms with Crippen molar-refractivity contribution in [1.29, 1.82) is 0 Å². The van der Waals surface area contributed by atoms with E-state index in [9.17, 15) is 4.79 Å². The third-order valence-corrected chi connectivity index (χ3v) is 7.13. The van der Waals surface area contributed by atoms with Crippen molar-refractivity contribution >= 4 is 5.78 Å². The topological polar surface area (TPSA) is 56.8 Å². The van der Waals surface area contributed by atoms with Gasteiger partial charge in [0.05, 0.1) is 5.92 Å². The number of carbonyl (C=O) groups is 1. The van der Waals surface area contributed by atoms with Crippen molar-refractivity contribution in [1.82, 2.24) is 5.48 Å². The molecule has 3 unspecified atom stereocenters. The molecule has 4 heterocycles. The SMILES string of the molecule is C/C1=C/C2=C[C@H](C)C[C@@]23O[C@]2(CC(C)(C)C4CC1(ON4)O2)C(C)C3=O. The van der Waals surface area contributed by atoms with E-state index in [1.54, 1.807) is 0 Å². The first kappa shape index (κ1) is 16.2. The molecule has 0 saturated carbocycles. The van der Waals surface area contributed by atoms with Gasteiger partial charge in [-0.05, 0) is 35.8 Å². The lowest BCUT2D eigenvalue weighted by Gasteiger charge is -2.45. The fourth-order valence-electron chi connectivity index (χ4n) is 5.62. The number of nitrogens with one attached hydrogen (secondary N) is 1. The molecule has 1 N–H and O–H groups in total. The fourth-order valence-corrected chi connectivity index (χ4v) is 5.62. The summed E-state index contributed by atoms with van der Waals surface area (Å²) in [6.45, 7) is 10.6. The van der Waals surface area contributed by atoms with Crippen LogP contribution in [-0.4, -0.2) is 29.0 Å². The van der Waals surface area contributed by atoms with Gasteiger partial charge in [0.1, 0.15) is 0 Å². The summed E-state index contributed by atoms with van der Waals surface area (Å²) in [7, 11) is 0. The van der Waals surface area contributed by atoms with Gasteiger partial charge in [-0.1, -0.05) is 39.8 Å². The lowest BCUT2D eigenvalue weighted by atomic mass is 9.74. The van der Waals surface area contributed by atoms with E-state index in [1.807, 2.05) is 13.8 Å². The van der Waals surface area contributed by atoms with E-state index in [1.165, 1.54) is 0 Å². The number of rotatable bonds is 0. The molecule has 5 aliphatic rings. The molecule has 3 fully saturated rings. The van der Waals surface area contributed by atoms with Crippen molar-refractivity contribution in [2.45, 2.75) is 77.1 Å². The minimum Gasteiger partial charge on any atom is -0.330 e. The third-order valence-electron chi connectivity index (χ3n) is 7.13. The molecule has 5 heteroatoms. The number of fused-ring (bicyclic) bond motifs is 1. The summed E-state index contributed by atoms with van der Waals surface area (Å²) in [5, 5.41) is 0. The van der Waals surface area contributed by atoms with E-state index in [0.29, 0.717) is 18.8 Å². The first-order valence-corrected chi connectivity index (χ1v) is 9.42. The predicted molar refractivity (Wildman–Crippen MR) is 91.2 cm³/mol. The van der Waals surface area contributed by atoms with Crippen molar-refractivity contribution < 1.29 is 19.1 Å². The van der Waals surface area contributed by atoms with Gasteiger partial charge >= 0.3 is 0 Å². The Bertz CT molecular complexity index is 740. The summed E-state index contributed by atoms with van der Waals surface area (Å²) in [5.74, 6) is -1.65. The van der Waals surface area contributed by atoms with Crippen LogP contribution in [0.5, 0.6) is 0 Å². The van der Waals surface area contributed by atoms with E-state index < -0.39 is 17.2 Å². The second kappa shape index (κ2) is 4.45. The zero-order chi connectivity index (χ0) is 17.8. The highest BCUT2D eigenvalue weighted by Crippen LogP contribution is 2.61. The molecule has 3 saturated heterocycles. The van der Waals surface area contributed by atoms with Crippen molar-refractivity contribution in [3.05, 3.63) is 23.3 Å². The molecule has 1 aliphatic carbocycles. The van der Waals surface area contributed by atoms with Crippen LogP contribution in [0.2, 0.25) is 0 Å². The van der Waals surface area contributed by atoms with Gasteiger partial charge in [-0.2, -0.15) is 5.48 Å². The molecule has 4 bridgehead atoms. The van der Waals surface area contributed by atoms with Crippen LogP contribution in [0.3, 0.4) is 0 Å². The van der Waals surface area contributed by atoms with Crippen molar-refractivity contribution in [3.63, 3.8) is 0 Å². The number of ether oxygens (including phenoxy) is 2. The summed E-state index contributed by atoms with van der Waals surface area (Å²) in [4.78, 5) is 19.5. The van der Waals surface area contributed by atoms with E-state index in [4.69, 9.17) is 14.3 Å². The molecular formula is C20H27NO4. The fraction of sp³-hybridized carbons (Fsp3) is 0.750. The summed E-state index contributed by atoms with van der Waals surface area (Å²) in [6.07, 6.45) is 6.37. The zero-order valence-electron chi connectivity index (χ0n) is 15.6. The van der Waals surface area contributed by atoms with E-state index >= 15 is 0 Å². The number of allylic oxidation sites excluding steroid dienone is 1. The second-order valence-electron chi connectivity index (χ2n) is 9.45. The van der Waals surface area contributed by atoms with Gasteiger partial charge in [0.25, 0.3) is 0 Å². The van der Waals surface area contributed by atoms with Crippen LogP contribution >= 0.6 is 0 Å². The van der Waals surface area contributed by atoms with Crippen LogP contribution in [0.4, 0.5) is 0 Å². The van der Waals surface area contributed by atoms with Crippen molar-refractivity contribution in [2.24, 2.45) is 17.3 Å². The highest BCUT2D eigenvalue weighted by Gasteiger charge is 2.71. The number of hydrogen-bond acceptors (Lipinski definition) is 5. The Morgan fingerprint density at radius 2 is 1.96 bits per heavy atom. The maximum atomic E-state index is 13.4. The predicted octanol–water partition coefficient (Wildman–Crippen LogP) is 3.02. The van der Waals surface area contributed by atoms with E-state index in [0.717, 1.165) is 17.6 Å². The molecule has 136 valence electrons. The Balaban J connectivity index is 1.78. The molecule has 4 aliphatic heterocycles. The molecule has 25 heavy (non-hydrogen) atoms. The van der Waals surface area contributed by atoms with Gasteiger partial charge in [0.2, 0.25) is 5.79 Å². The molecule has 3 spiro atoms. The Hall–Kier alpha value is -1.01. The van der Waals surface area contributed by atoms with Gasteiger partial charge in [0.15, 0.2) is 17.2 Å². The van der Waals surface area contributed by atoms with Crippen LogP contribution in [0.25, 0.3) is 0 Å². The van der Waals surface area contributed by atoms with Gasteiger partial charge in [0, 0.05) is 18.9 Å². The number of hydrogen-bond donors (Lipinski definition) is 1. The molecular weight excluding hydrogens is 318 g/mol. The lowest BCUT2D eigenvalue weighted by Crippen LogP contribution is -2.53. The highest BCUT2D eigenvalue weighted by molar-refractivity contribution is 5.96. The first-order chi connectivity index (χ1) is 11.6. The van der Waals surface area contributed by atoms with Crippen LogP contribution in [0.15, 0.2) is 23.3 Å². The van der Waals surface area contributed by atoms with Crippen molar-refractivity contribution in [3.8, 4) is 0 Å². The number of carbonyl (C=O) groups excluding carboxylic acids is 1. The van der Waals surface area contributed by atoms with Gasteiger partial charge in [-0.25, -0.2) is 0 Å². The van der Waals surface area contributed by atoms with Gasteiger partial charge < -0.3 is 9.47 Å². The van der Waals surface area contributed by atoms with Crippen LogP contribution in [0, 0.1) is 17.3 Å². The Morgan fingerprint density at radius 3 is 2.72 bits per heavy atom. The molecule has 0 amide bonds. The molecule has 5 rings (SSSR count). The average Bonchev–Trinajstić information content (AvgIpc) is 3.10. The van der Waals surface area contributed by atoms with Gasteiger partial charge in [-0.3, -0.25) is 9.63 Å². The van der Waals surface area contributed by atoms with Crippen LogP contribution in [0.1, 0.15) is 53.9 Å². The normalized spacial score (nSPS) is 54.9. The summed E-state index contributed by atoms with van der Waals surface area (Å²) in [6, 6.07) is 0.156. The molecule has 5 nitrogen and oxygen atoms in total. The largest absolute Gasteiger partial charge is 0.330 e. The third kappa shape index (κ3) is 1.80. The highest BCUT2D eigenvalue weighted by atomic mass is 16.8. The summed E-state index contributed by atoms with van der Waals surface area (Å²) in [5.41, 5.74) is 4.23. The Labute approximate surface area is 148 Å². The van der Waals surface area contributed by atoms with Crippen molar-refractivity contribution in [2.75, 3.05) is 0 Å². The molecule has 0 radical (unpaired) electrons. The lowest BCUT2D eigenvalue weighted by molar-refractivity contribution is -0.365. The monoisotopic (exact) mass is 345 g/mol. The number of Topliss-reactive ketones (excluding diaryl/α,β-unsaturated/α-hetero) is 1. The molecule has 0 aromatic carbocycles. The molecule has 0 aromatic rings. The first-order valence-electron chi connectivity index (χ1n) is 9.42. The number of ketones is 1. The molecule has 0 aromatic heterocycles. The second-order valence-corrected chi connectivity index (χ2v) is 9.45. The quantitative estimate of drug-likeness (QED) is 0.731. The summed E-state index contributed by atoms with van der Waals surface area (Å²) >= 11 is 0. The number of hydroxylamine groups is 1. The Kier molecular flexibility index (Phi) is 2.88. The minimum absolute atomic E-state index is 0.114. The van der Waals surface area contributed by atoms with E-state index in [2.05, 4.69) is 38.4 Å². The smallest absolute Gasteiger partial charge is 0.214 e.